The smallest absolute Gasteiger partial charge is 0.254 e. The van der Waals surface area contributed by atoms with Gasteiger partial charge in [-0.15, -0.1) is 0 Å². The molecule has 0 radical (unpaired) electrons. The van der Waals surface area contributed by atoms with Gasteiger partial charge in [0, 0.05) is 18.2 Å². The molecule has 3 rings (SSSR count). The third kappa shape index (κ3) is 2.08. The first-order chi connectivity index (χ1) is 9.20. The van der Waals surface area contributed by atoms with Gasteiger partial charge < -0.3 is 10.3 Å². The average Bonchev–Trinajstić information content (AvgIpc) is 2.44. The fourth-order valence-corrected chi connectivity index (χ4v) is 3.00. The first-order valence-electron chi connectivity index (χ1n) is 7.10. The van der Waals surface area contributed by atoms with E-state index in [1.54, 1.807) is 0 Å². The highest BCUT2D eigenvalue weighted by molar-refractivity contribution is 5.83. The van der Waals surface area contributed by atoms with Gasteiger partial charge in [-0.05, 0) is 42.7 Å². The second kappa shape index (κ2) is 4.82. The van der Waals surface area contributed by atoms with E-state index in [1.807, 2.05) is 10.6 Å². The summed E-state index contributed by atoms with van der Waals surface area (Å²) in [5, 5.41) is 1.18. The van der Waals surface area contributed by atoms with Gasteiger partial charge in [0.1, 0.15) is 0 Å². The number of nitrogens with zero attached hydrogens (tertiary/aromatic N) is 1. The molecular formula is C16H20N2O. The van der Waals surface area contributed by atoms with Crippen LogP contribution in [0, 0.1) is 0 Å². The lowest BCUT2D eigenvalue weighted by Gasteiger charge is -2.21. The van der Waals surface area contributed by atoms with Crippen LogP contribution in [-0.2, 0) is 19.4 Å². The van der Waals surface area contributed by atoms with E-state index >= 15 is 0 Å². The van der Waals surface area contributed by atoms with Gasteiger partial charge in [0.15, 0.2) is 0 Å². The molecule has 1 aromatic heterocycles. The summed E-state index contributed by atoms with van der Waals surface area (Å²) in [6, 6.07) is 8.43. The van der Waals surface area contributed by atoms with E-state index in [1.165, 1.54) is 10.9 Å². The predicted octanol–water partition coefficient (Wildman–Crippen LogP) is 2.23. The number of para-hydroxylation sites is 1. The van der Waals surface area contributed by atoms with E-state index in [2.05, 4.69) is 25.1 Å². The normalized spacial score (nSPS) is 15.7. The van der Waals surface area contributed by atoms with Crippen molar-refractivity contribution in [3.63, 3.8) is 0 Å². The van der Waals surface area contributed by atoms with E-state index in [0.717, 1.165) is 36.9 Å². The highest BCUT2D eigenvalue weighted by Crippen LogP contribution is 2.24. The Bertz CT molecular complexity index is 672. The van der Waals surface area contributed by atoms with Crippen LogP contribution < -0.4 is 11.3 Å². The number of rotatable bonds is 3. The first kappa shape index (κ1) is 12.4. The van der Waals surface area contributed by atoms with Crippen LogP contribution in [0.3, 0.4) is 0 Å². The number of aryl methyl sites for hydroxylation is 2. The van der Waals surface area contributed by atoms with Gasteiger partial charge in [-0.1, -0.05) is 25.1 Å². The van der Waals surface area contributed by atoms with Crippen molar-refractivity contribution in [1.29, 1.82) is 0 Å². The van der Waals surface area contributed by atoms with E-state index in [0.29, 0.717) is 6.42 Å². The lowest BCUT2D eigenvalue weighted by Crippen LogP contribution is -2.31. The second-order valence-electron chi connectivity index (χ2n) is 5.46. The molecular weight excluding hydrogens is 236 g/mol. The molecule has 1 unspecified atom stereocenters. The number of nitrogens with two attached hydrogens (primary N) is 1. The quantitative estimate of drug-likeness (QED) is 0.915. The molecule has 0 aliphatic carbocycles. The Morgan fingerprint density at radius 3 is 3.05 bits per heavy atom. The minimum absolute atomic E-state index is 0.0738. The number of hydrogen-bond donors (Lipinski definition) is 1. The van der Waals surface area contributed by atoms with Crippen molar-refractivity contribution in [1.82, 2.24) is 4.57 Å². The van der Waals surface area contributed by atoms with E-state index in [4.69, 9.17) is 5.73 Å². The van der Waals surface area contributed by atoms with Crippen molar-refractivity contribution < 1.29 is 0 Å². The molecule has 0 spiro atoms. The summed E-state index contributed by atoms with van der Waals surface area (Å²) in [5.74, 6) is 0. The van der Waals surface area contributed by atoms with Crippen LogP contribution in [-0.4, -0.2) is 10.6 Å². The zero-order chi connectivity index (χ0) is 13.4. The van der Waals surface area contributed by atoms with Gasteiger partial charge in [-0.2, -0.15) is 0 Å². The molecule has 100 valence electrons. The van der Waals surface area contributed by atoms with Crippen molar-refractivity contribution in [3.8, 4) is 0 Å². The topological polar surface area (TPSA) is 48.0 Å². The SMILES string of the molecule is CCC(N)Cc1cc2cccc3c2n(c1=O)CCC3. The summed E-state index contributed by atoms with van der Waals surface area (Å²) in [7, 11) is 0. The largest absolute Gasteiger partial charge is 0.327 e. The Labute approximate surface area is 113 Å². The number of benzene rings is 1. The van der Waals surface area contributed by atoms with Crippen molar-refractivity contribution in [3.05, 3.63) is 45.7 Å². The molecule has 3 nitrogen and oxygen atoms in total. The lowest BCUT2D eigenvalue weighted by molar-refractivity contribution is 0.597. The van der Waals surface area contributed by atoms with Gasteiger partial charge >= 0.3 is 0 Å². The maximum Gasteiger partial charge on any atom is 0.254 e. The van der Waals surface area contributed by atoms with Crippen molar-refractivity contribution in [2.24, 2.45) is 5.73 Å². The van der Waals surface area contributed by atoms with Crippen molar-refractivity contribution >= 4 is 10.9 Å². The van der Waals surface area contributed by atoms with Gasteiger partial charge in [0.25, 0.3) is 5.56 Å². The Balaban J connectivity index is 2.22. The Kier molecular flexibility index (Phi) is 3.15. The van der Waals surface area contributed by atoms with Crippen molar-refractivity contribution in [2.75, 3.05) is 0 Å². The molecule has 1 aliphatic heterocycles. The van der Waals surface area contributed by atoms with Gasteiger partial charge in [0.05, 0.1) is 5.52 Å². The Morgan fingerprint density at radius 2 is 2.26 bits per heavy atom. The minimum atomic E-state index is 0.0738. The molecule has 0 fully saturated rings. The molecule has 0 bridgehead atoms. The van der Waals surface area contributed by atoms with E-state index in [-0.39, 0.29) is 11.6 Å². The highest BCUT2D eigenvalue weighted by Gasteiger charge is 2.16. The summed E-state index contributed by atoms with van der Waals surface area (Å²) < 4.78 is 1.95. The van der Waals surface area contributed by atoms with Crippen LogP contribution in [0.5, 0.6) is 0 Å². The Morgan fingerprint density at radius 1 is 1.42 bits per heavy atom. The third-order valence-corrected chi connectivity index (χ3v) is 4.10. The molecule has 0 amide bonds. The number of pyridine rings is 1. The van der Waals surface area contributed by atoms with Crippen LogP contribution in [0.25, 0.3) is 10.9 Å². The molecule has 19 heavy (non-hydrogen) atoms. The summed E-state index contributed by atoms with van der Waals surface area (Å²) in [6.45, 7) is 2.90. The van der Waals surface area contributed by atoms with Crippen LogP contribution in [0.2, 0.25) is 0 Å². The fraction of sp³-hybridized carbons (Fsp3) is 0.438. The molecule has 2 N–H and O–H groups in total. The predicted molar refractivity (Wildman–Crippen MR) is 78.5 cm³/mol. The lowest BCUT2D eigenvalue weighted by atomic mass is 9.98. The van der Waals surface area contributed by atoms with Crippen LogP contribution >= 0.6 is 0 Å². The summed E-state index contributed by atoms with van der Waals surface area (Å²) in [6.07, 6.45) is 3.70. The first-order valence-corrected chi connectivity index (χ1v) is 7.10. The number of aromatic nitrogens is 1. The van der Waals surface area contributed by atoms with E-state index in [9.17, 15) is 4.79 Å². The molecule has 2 heterocycles. The third-order valence-electron chi connectivity index (χ3n) is 4.10. The monoisotopic (exact) mass is 256 g/mol. The summed E-state index contributed by atoms with van der Waals surface area (Å²) in [5.41, 5.74) is 9.45. The number of hydrogen-bond acceptors (Lipinski definition) is 2. The Hall–Kier alpha value is -1.61. The molecule has 1 aromatic carbocycles. The average molecular weight is 256 g/mol. The summed E-state index contributed by atoms with van der Waals surface area (Å²) >= 11 is 0. The highest BCUT2D eigenvalue weighted by atomic mass is 16.1. The standard InChI is InChI=1S/C16H20N2O/c1-2-14(17)10-13-9-12-6-3-5-11-7-4-8-18(15(11)12)16(13)19/h3,5-6,9,14H,2,4,7-8,10,17H2,1H3. The molecule has 1 atom stereocenters. The maximum atomic E-state index is 12.6. The van der Waals surface area contributed by atoms with E-state index < -0.39 is 0 Å². The fourth-order valence-electron chi connectivity index (χ4n) is 3.00. The van der Waals surface area contributed by atoms with Crippen LogP contribution in [0.15, 0.2) is 29.1 Å². The minimum Gasteiger partial charge on any atom is -0.327 e. The molecule has 2 aromatic rings. The maximum absolute atomic E-state index is 12.6. The summed E-state index contributed by atoms with van der Waals surface area (Å²) in [4.78, 5) is 12.6. The second-order valence-corrected chi connectivity index (χ2v) is 5.46. The van der Waals surface area contributed by atoms with Gasteiger partial charge in [-0.3, -0.25) is 4.79 Å². The molecule has 1 aliphatic rings. The molecule has 0 saturated heterocycles. The molecule has 3 heteroatoms. The van der Waals surface area contributed by atoms with Gasteiger partial charge in [-0.25, -0.2) is 0 Å². The molecule has 0 saturated carbocycles. The zero-order valence-electron chi connectivity index (χ0n) is 11.4. The zero-order valence-corrected chi connectivity index (χ0v) is 11.4. The van der Waals surface area contributed by atoms with Crippen LogP contribution in [0.1, 0.15) is 30.9 Å². The van der Waals surface area contributed by atoms with Crippen LogP contribution in [0.4, 0.5) is 0 Å². The van der Waals surface area contributed by atoms with Crippen molar-refractivity contribution in [2.45, 2.75) is 45.2 Å². The van der Waals surface area contributed by atoms with Gasteiger partial charge in [0.2, 0.25) is 0 Å².